The first kappa shape index (κ1) is 17.9. The van der Waals surface area contributed by atoms with Crippen LogP contribution in [0.15, 0.2) is 83.2 Å². The molecule has 0 spiro atoms. The molecule has 0 aliphatic heterocycles. The maximum Gasteiger partial charge on any atom is 0.276 e. The van der Waals surface area contributed by atoms with Gasteiger partial charge in [0.1, 0.15) is 5.65 Å². The summed E-state index contributed by atoms with van der Waals surface area (Å²) in [6.07, 6.45) is 6.62. The number of aromatic nitrogens is 3. The average Bonchev–Trinajstić information content (AvgIpc) is 3.13. The molecule has 0 fully saturated rings. The standard InChI is InChI=1S/C20H17N5O2S/c1-15-19(16-6-5-11-21-12-16)9-10-20-22-13-17(25(15)20)14-23-24-28(26,27)18-7-3-2-4-8-18/h2-14,24H,1H3. The maximum absolute atomic E-state index is 12.3. The fraction of sp³-hybridized carbons (Fsp3) is 0.0500. The fourth-order valence-corrected chi connectivity index (χ4v) is 3.81. The van der Waals surface area contributed by atoms with Gasteiger partial charge >= 0.3 is 0 Å². The predicted molar refractivity (Wildman–Crippen MR) is 108 cm³/mol. The van der Waals surface area contributed by atoms with E-state index in [0.717, 1.165) is 22.5 Å². The summed E-state index contributed by atoms with van der Waals surface area (Å²) in [7, 11) is -3.71. The highest BCUT2D eigenvalue weighted by molar-refractivity contribution is 7.89. The molecule has 8 heteroatoms. The third-order valence-electron chi connectivity index (χ3n) is 4.34. The van der Waals surface area contributed by atoms with Gasteiger partial charge in [0, 0.05) is 29.2 Å². The van der Waals surface area contributed by atoms with Gasteiger partial charge in [-0.15, -0.1) is 0 Å². The van der Waals surface area contributed by atoms with Crippen molar-refractivity contribution in [1.29, 1.82) is 0 Å². The van der Waals surface area contributed by atoms with Gasteiger partial charge in [0.15, 0.2) is 0 Å². The molecule has 4 aromatic rings. The van der Waals surface area contributed by atoms with E-state index in [1.165, 1.54) is 18.3 Å². The maximum atomic E-state index is 12.3. The van der Waals surface area contributed by atoms with Crippen LogP contribution in [0.1, 0.15) is 11.4 Å². The number of benzene rings is 1. The predicted octanol–water partition coefficient (Wildman–Crippen LogP) is 3.02. The van der Waals surface area contributed by atoms with Crippen molar-refractivity contribution in [3.63, 3.8) is 0 Å². The second-order valence-corrected chi connectivity index (χ2v) is 7.78. The first-order chi connectivity index (χ1) is 13.6. The summed E-state index contributed by atoms with van der Waals surface area (Å²) in [5.41, 5.74) is 4.36. The van der Waals surface area contributed by atoms with E-state index < -0.39 is 10.0 Å². The molecule has 0 aliphatic carbocycles. The van der Waals surface area contributed by atoms with Gasteiger partial charge in [-0.1, -0.05) is 24.3 Å². The van der Waals surface area contributed by atoms with E-state index in [0.29, 0.717) is 5.69 Å². The number of sulfonamides is 1. The molecule has 1 N–H and O–H groups in total. The molecule has 4 rings (SSSR count). The Kier molecular flexibility index (Phi) is 4.62. The fourth-order valence-electron chi connectivity index (χ4n) is 2.99. The van der Waals surface area contributed by atoms with Gasteiger partial charge in [0.05, 0.1) is 23.0 Å². The number of nitrogens with one attached hydrogen (secondary N) is 1. The molecule has 1 aromatic carbocycles. The van der Waals surface area contributed by atoms with Crippen molar-refractivity contribution in [3.05, 3.63) is 84.6 Å². The molecule has 0 saturated carbocycles. The molecular weight excluding hydrogens is 374 g/mol. The van der Waals surface area contributed by atoms with Crippen LogP contribution in [0.4, 0.5) is 0 Å². The van der Waals surface area contributed by atoms with Gasteiger partial charge in [-0.3, -0.25) is 9.38 Å². The van der Waals surface area contributed by atoms with Crippen LogP contribution in [0.5, 0.6) is 0 Å². The van der Waals surface area contributed by atoms with Crippen LogP contribution < -0.4 is 4.83 Å². The second-order valence-electron chi connectivity index (χ2n) is 6.12. The second kappa shape index (κ2) is 7.24. The molecule has 0 atom stereocenters. The molecule has 3 aromatic heterocycles. The monoisotopic (exact) mass is 391 g/mol. The Hall–Kier alpha value is -3.52. The highest BCUT2D eigenvalue weighted by Gasteiger charge is 2.12. The van der Waals surface area contributed by atoms with Gasteiger partial charge in [0.25, 0.3) is 10.0 Å². The molecule has 0 amide bonds. The van der Waals surface area contributed by atoms with Crippen molar-refractivity contribution in [2.45, 2.75) is 11.8 Å². The van der Waals surface area contributed by atoms with Crippen molar-refractivity contribution in [3.8, 4) is 11.1 Å². The zero-order chi connectivity index (χ0) is 19.6. The van der Waals surface area contributed by atoms with Gasteiger partial charge < -0.3 is 0 Å². The van der Waals surface area contributed by atoms with Crippen LogP contribution in [0.3, 0.4) is 0 Å². The zero-order valence-electron chi connectivity index (χ0n) is 15.0. The molecule has 0 aliphatic rings. The van der Waals surface area contributed by atoms with E-state index in [-0.39, 0.29) is 4.90 Å². The van der Waals surface area contributed by atoms with Gasteiger partial charge in [-0.05, 0) is 37.3 Å². The normalized spacial score (nSPS) is 11.9. The Morgan fingerprint density at radius 3 is 2.61 bits per heavy atom. The number of hydrogen-bond acceptors (Lipinski definition) is 5. The van der Waals surface area contributed by atoms with Gasteiger partial charge in [0.2, 0.25) is 0 Å². The van der Waals surface area contributed by atoms with Gasteiger partial charge in [-0.25, -0.2) is 9.82 Å². The Morgan fingerprint density at radius 1 is 1.04 bits per heavy atom. The quantitative estimate of drug-likeness (QED) is 0.418. The van der Waals surface area contributed by atoms with Crippen LogP contribution in [-0.4, -0.2) is 29.0 Å². The SMILES string of the molecule is Cc1c(-c2cccnc2)ccc2ncc(C=NNS(=O)(=O)c3ccccc3)n12. The smallest absolute Gasteiger partial charge is 0.276 e. The number of hydrogen-bond donors (Lipinski definition) is 1. The van der Waals surface area contributed by atoms with E-state index in [1.54, 1.807) is 36.8 Å². The highest BCUT2D eigenvalue weighted by Crippen LogP contribution is 2.24. The third-order valence-corrected chi connectivity index (χ3v) is 5.57. The first-order valence-electron chi connectivity index (χ1n) is 8.54. The molecule has 0 unspecified atom stereocenters. The number of fused-ring (bicyclic) bond motifs is 1. The van der Waals surface area contributed by atoms with E-state index in [2.05, 4.69) is 19.9 Å². The third kappa shape index (κ3) is 3.37. The molecule has 28 heavy (non-hydrogen) atoms. The Bertz CT molecular complexity index is 1250. The lowest BCUT2D eigenvalue weighted by atomic mass is 10.1. The molecule has 0 radical (unpaired) electrons. The summed E-state index contributed by atoms with van der Waals surface area (Å²) in [4.78, 5) is 10.9. The highest BCUT2D eigenvalue weighted by atomic mass is 32.2. The number of rotatable bonds is 5. The Labute approximate surface area is 162 Å². The lowest BCUT2D eigenvalue weighted by molar-refractivity contribution is 0.584. The minimum absolute atomic E-state index is 0.153. The average molecular weight is 391 g/mol. The molecular formula is C20H17N5O2S. The summed E-state index contributed by atoms with van der Waals surface area (Å²) in [6, 6.07) is 15.9. The summed E-state index contributed by atoms with van der Waals surface area (Å²) < 4.78 is 26.5. The number of hydrazone groups is 1. The summed E-state index contributed by atoms with van der Waals surface area (Å²) in [5, 5.41) is 3.92. The summed E-state index contributed by atoms with van der Waals surface area (Å²) in [5.74, 6) is 0. The molecule has 3 heterocycles. The van der Waals surface area contributed by atoms with Crippen LogP contribution >= 0.6 is 0 Å². The van der Waals surface area contributed by atoms with E-state index in [9.17, 15) is 8.42 Å². The minimum atomic E-state index is -3.71. The first-order valence-corrected chi connectivity index (χ1v) is 10.0. The number of pyridine rings is 2. The van der Waals surface area contributed by atoms with Crippen LogP contribution in [0.25, 0.3) is 16.8 Å². The van der Waals surface area contributed by atoms with Crippen molar-refractivity contribution < 1.29 is 8.42 Å². The Balaban J connectivity index is 1.67. The van der Waals surface area contributed by atoms with Crippen LogP contribution in [0.2, 0.25) is 0 Å². The van der Waals surface area contributed by atoms with E-state index >= 15 is 0 Å². The van der Waals surface area contributed by atoms with Crippen molar-refractivity contribution in [1.82, 2.24) is 19.2 Å². The number of imidazole rings is 1. The van der Waals surface area contributed by atoms with Crippen molar-refractivity contribution in [2.24, 2.45) is 5.10 Å². The van der Waals surface area contributed by atoms with Crippen LogP contribution in [-0.2, 0) is 10.0 Å². The van der Waals surface area contributed by atoms with Gasteiger partial charge in [-0.2, -0.15) is 13.5 Å². The minimum Gasteiger partial charge on any atom is -0.295 e. The molecule has 0 bridgehead atoms. The van der Waals surface area contributed by atoms with E-state index in [4.69, 9.17) is 0 Å². The van der Waals surface area contributed by atoms with E-state index in [1.807, 2.05) is 35.6 Å². The summed E-state index contributed by atoms with van der Waals surface area (Å²) >= 11 is 0. The molecule has 7 nitrogen and oxygen atoms in total. The van der Waals surface area contributed by atoms with Crippen molar-refractivity contribution >= 4 is 21.9 Å². The lowest BCUT2D eigenvalue weighted by Gasteiger charge is -2.09. The lowest BCUT2D eigenvalue weighted by Crippen LogP contribution is -2.18. The number of nitrogens with zero attached hydrogens (tertiary/aromatic N) is 4. The largest absolute Gasteiger partial charge is 0.295 e. The zero-order valence-corrected chi connectivity index (χ0v) is 15.8. The number of aryl methyl sites for hydroxylation is 1. The molecule has 0 saturated heterocycles. The topological polar surface area (TPSA) is 88.7 Å². The van der Waals surface area contributed by atoms with Crippen molar-refractivity contribution in [2.75, 3.05) is 0 Å². The Morgan fingerprint density at radius 2 is 1.86 bits per heavy atom. The van der Waals surface area contributed by atoms with Crippen LogP contribution in [0, 0.1) is 6.92 Å². The molecule has 140 valence electrons. The summed E-state index contributed by atoms with van der Waals surface area (Å²) in [6.45, 7) is 1.97.